The molecule has 0 unspecified atom stereocenters. The predicted octanol–water partition coefficient (Wildman–Crippen LogP) is 3.79. The van der Waals surface area contributed by atoms with Gasteiger partial charge in [-0.25, -0.2) is 4.98 Å². The predicted molar refractivity (Wildman–Crippen MR) is 106 cm³/mol. The summed E-state index contributed by atoms with van der Waals surface area (Å²) in [7, 11) is 0. The Hall–Kier alpha value is -4.03. The number of thiazole rings is 1. The van der Waals surface area contributed by atoms with Gasteiger partial charge in [0.2, 0.25) is 5.91 Å². The maximum Gasteiger partial charge on any atom is 0.270 e. The van der Waals surface area contributed by atoms with E-state index in [0.29, 0.717) is 33.1 Å². The summed E-state index contributed by atoms with van der Waals surface area (Å²) in [6.45, 7) is 0. The molecule has 28 heavy (non-hydrogen) atoms. The Balaban J connectivity index is 1.81. The number of nitrogens with zero attached hydrogens (tertiary/aromatic N) is 3. The number of nitro groups is 1. The van der Waals surface area contributed by atoms with Crippen molar-refractivity contribution in [3.8, 4) is 17.3 Å². The lowest BCUT2D eigenvalue weighted by atomic mass is 10.1. The van der Waals surface area contributed by atoms with Crippen molar-refractivity contribution in [3.05, 3.63) is 80.8 Å². The van der Waals surface area contributed by atoms with E-state index in [1.54, 1.807) is 41.8 Å². The third-order valence-electron chi connectivity index (χ3n) is 3.76. The number of nitrogens with two attached hydrogens (primary N) is 1. The van der Waals surface area contributed by atoms with Crippen LogP contribution in [0.15, 0.2) is 60.1 Å². The lowest BCUT2D eigenvalue weighted by Crippen LogP contribution is -2.10. The minimum absolute atomic E-state index is 0.0239. The molecule has 1 amide bonds. The summed E-state index contributed by atoms with van der Waals surface area (Å²) in [6, 6.07) is 14.7. The molecule has 0 aliphatic carbocycles. The minimum atomic E-state index is -0.517. The van der Waals surface area contributed by atoms with Gasteiger partial charge in [-0.15, -0.1) is 11.3 Å². The van der Waals surface area contributed by atoms with Crippen LogP contribution in [0.2, 0.25) is 0 Å². The molecule has 1 aromatic heterocycles. The second kappa shape index (κ2) is 8.11. The standard InChI is InChI=1S/C19H13N5O3S/c20-9-14(10-22-15-6-4-12(5-7-15)18(21)25)19-23-17(11-28-19)13-2-1-3-16(8-13)24(26)27/h1-8,10-11,22H,(H2,21,25)/b14-10+. The van der Waals surface area contributed by atoms with Gasteiger partial charge in [-0.3, -0.25) is 14.9 Å². The summed E-state index contributed by atoms with van der Waals surface area (Å²) in [6.07, 6.45) is 1.51. The topological polar surface area (TPSA) is 135 Å². The van der Waals surface area contributed by atoms with Crippen molar-refractivity contribution >= 4 is 34.2 Å². The normalized spacial score (nSPS) is 10.9. The van der Waals surface area contributed by atoms with Crippen molar-refractivity contribution in [2.75, 3.05) is 5.32 Å². The minimum Gasteiger partial charge on any atom is -0.366 e. The van der Waals surface area contributed by atoms with Crippen LogP contribution in [0.3, 0.4) is 0 Å². The molecule has 0 aliphatic heterocycles. The number of carbonyl (C=O) groups excluding carboxylic acids is 1. The summed E-state index contributed by atoms with van der Waals surface area (Å²) in [5.74, 6) is -0.517. The Morgan fingerprint density at radius 3 is 2.68 bits per heavy atom. The molecular formula is C19H13N5O3S. The molecule has 0 bridgehead atoms. The number of amides is 1. The zero-order valence-electron chi connectivity index (χ0n) is 14.3. The van der Waals surface area contributed by atoms with Crippen LogP contribution in [0, 0.1) is 21.4 Å². The van der Waals surface area contributed by atoms with Gasteiger partial charge in [-0.05, 0) is 24.3 Å². The van der Waals surface area contributed by atoms with E-state index in [-0.39, 0.29) is 5.69 Å². The number of benzene rings is 2. The molecule has 0 radical (unpaired) electrons. The van der Waals surface area contributed by atoms with Gasteiger partial charge in [0, 0.05) is 40.5 Å². The number of allylic oxidation sites excluding steroid dienone is 1. The maximum atomic E-state index is 11.1. The van der Waals surface area contributed by atoms with Crippen molar-refractivity contribution < 1.29 is 9.72 Å². The van der Waals surface area contributed by atoms with Gasteiger partial charge in [0.25, 0.3) is 5.69 Å². The number of nitro benzene ring substituents is 1. The fourth-order valence-electron chi connectivity index (χ4n) is 2.34. The van der Waals surface area contributed by atoms with Gasteiger partial charge in [-0.2, -0.15) is 5.26 Å². The molecule has 138 valence electrons. The Labute approximate surface area is 163 Å². The number of rotatable bonds is 6. The summed E-state index contributed by atoms with van der Waals surface area (Å²) < 4.78 is 0. The number of primary amides is 1. The number of nitrogens with one attached hydrogen (secondary N) is 1. The van der Waals surface area contributed by atoms with Crippen molar-refractivity contribution in [2.45, 2.75) is 0 Å². The van der Waals surface area contributed by atoms with E-state index in [9.17, 15) is 20.2 Å². The zero-order chi connectivity index (χ0) is 20.1. The van der Waals surface area contributed by atoms with Gasteiger partial charge >= 0.3 is 0 Å². The average Bonchev–Trinajstić information content (AvgIpc) is 3.19. The molecule has 2 aromatic carbocycles. The summed E-state index contributed by atoms with van der Waals surface area (Å²) in [4.78, 5) is 26.0. The highest BCUT2D eigenvalue weighted by Gasteiger charge is 2.12. The Bertz CT molecular complexity index is 1110. The third kappa shape index (κ3) is 4.20. The molecule has 0 aliphatic rings. The largest absolute Gasteiger partial charge is 0.366 e. The van der Waals surface area contributed by atoms with Gasteiger partial charge in [-0.1, -0.05) is 12.1 Å². The molecule has 1 heterocycles. The summed E-state index contributed by atoms with van der Waals surface area (Å²) in [5.41, 5.74) is 7.70. The molecule has 3 aromatic rings. The molecule has 8 nitrogen and oxygen atoms in total. The molecule has 3 rings (SSSR count). The highest BCUT2D eigenvalue weighted by atomic mass is 32.1. The SMILES string of the molecule is N#C/C(=C\Nc1ccc(C(N)=O)cc1)c1nc(-c2cccc([N+](=O)[O-])c2)cs1. The molecule has 0 spiro atoms. The monoisotopic (exact) mass is 391 g/mol. The molecule has 0 atom stereocenters. The van der Waals surface area contributed by atoms with Crippen LogP contribution in [0.1, 0.15) is 15.4 Å². The fraction of sp³-hybridized carbons (Fsp3) is 0. The van der Waals surface area contributed by atoms with Crippen molar-refractivity contribution in [1.82, 2.24) is 4.98 Å². The lowest BCUT2D eigenvalue weighted by molar-refractivity contribution is -0.384. The number of hydrogen-bond acceptors (Lipinski definition) is 7. The van der Waals surface area contributed by atoms with E-state index in [1.807, 2.05) is 0 Å². The smallest absolute Gasteiger partial charge is 0.270 e. The third-order valence-corrected chi connectivity index (χ3v) is 4.64. The number of aromatic nitrogens is 1. The van der Waals surface area contributed by atoms with Gasteiger partial charge in [0.1, 0.15) is 16.6 Å². The number of nitriles is 1. The van der Waals surface area contributed by atoms with Crippen molar-refractivity contribution in [1.29, 1.82) is 5.26 Å². The first kappa shape index (κ1) is 18.8. The van der Waals surface area contributed by atoms with Crippen LogP contribution in [0.25, 0.3) is 16.8 Å². The first-order valence-electron chi connectivity index (χ1n) is 7.95. The van der Waals surface area contributed by atoms with Crippen LogP contribution >= 0.6 is 11.3 Å². The van der Waals surface area contributed by atoms with E-state index in [0.717, 1.165) is 0 Å². The number of anilines is 1. The zero-order valence-corrected chi connectivity index (χ0v) is 15.1. The molecular weight excluding hydrogens is 378 g/mol. The van der Waals surface area contributed by atoms with Crippen LogP contribution in [-0.2, 0) is 0 Å². The molecule has 0 saturated heterocycles. The van der Waals surface area contributed by atoms with E-state index in [1.165, 1.54) is 29.7 Å². The quantitative estimate of drug-likeness (QED) is 0.373. The summed E-state index contributed by atoms with van der Waals surface area (Å²) in [5, 5.41) is 25.5. The van der Waals surface area contributed by atoms with E-state index in [2.05, 4.69) is 16.4 Å². The van der Waals surface area contributed by atoms with E-state index >= 15 is 0 Å². The van der Waals surface area contributed by atoms with Crippen LogP contribution < -0.4 is 11.1 Å². The first-order chi connectivity index (χ1) is 13.5. The van der Waals surface area contributed by atoms with Crippen LogP contribution in [0.5, 0.6) is 0 Å². The van der Waals surface area contributed by atoms with Crippen molar-refractivity contribution in [2.24, 2.45) is 5.73 Å². The number of carbonyl (C=O) groups is 1. The maximum absolute atomic E-state index is 11.1. The molecule has 0 fully saturated rings. The molecule has 0 saturated carbocycles. The van der Waals surface area contributed by atoms with E-state index < -0.39 is 10.8 Å². The Kier molecular flexibility index (Phi) is 5.43. The van der Waals surface area contributed by atoms with Crippen molar-refractivity contribution in [3.63, 3.8) is 0 Å². The molecule has 3 N–H and O–H groups in total. The highest BCUT2D eigenvalue weighted by molar-refractivity contribution is 7.11. The van der Waals surface area contributed by atoms with E-state index in [4.69, 9.17) is 5.73 Å². The lowest BCUT2D eigenvalue weighted by Gasteiger charge is -2.02. The second-order valence-electron chi connectivity index (χ2n) is 5.60. The fourth-order valence-corrected chi connectivity index (χ4v) is 3.13. The average molecular weight is 391 g/mol. The van der Waals surface area contributed by atoms with Gasteiger partial charge in [0.15, 0.2) is 0 Å². The Morgan fingerprint density at radius 2 is 2.04 bits per heavy atom. The second-order valence-corrected chi connectivity index (χ2v) is 6.46. The van der Waals surface area contributed by atoms with Crippen LogP contribution in [-0.4, -0.2) is 15.8 Å². The highest BCUT2D eigenvalue weighted by Crippen LogP contribution is 2.28. The number of hydrogen-bond donors (Lipinski definition) is 2. The van der Waals surface area contributed by atoms with Gasteiger partial charge in [0.05, 0.1) is 10.6 Å². The van der Waals surface area contributed by atoms with Crippen LogP contribution in [0.4, 0.5) is 11.4 Å². The first-order valence-corrected chi connectivity index (χ1v) is 8.83. The number of non-ortho nitro benzene ring substituents is 1. The summed E-state index contributed by atoms with van der Waals surface area (Å²) >= 11 is 1.26. The van der Waals surface area contributed by atoms with Gasteiger partial charge < -0.3 is 11.1 Å². The Morgan fingerprint density at radius 1 is 1.29 bits per heavy atom. The molecule has 9 heteroatoms.